The summed E-state index contributed by atoms with van der Waals surface area (Å²) >= 11 is 5.49. The van der Waals surface area contributed by atoms with Crippen LogP contribution in [-0.2, 0) is 10.0 Å². The molecule has 0 unspecified atom stereocenters. The van der Waals surface area contributed by atoms with E-state index in [-0.39, 0.29) is 6.04 Å². The van der Waals surface area contributed by atoms with Crippen LogP contribution in [0.4, 0.5) is 11.4 Å². The fraction of sp³-hybridized carbons (Fsp3) is 0.350. The molecule has 2 rings (SSSR count). The first kappa shape index (κ1) is 21.2. The van der Waals surface area contributed by atoms with E-state index in [0.717, 1.165) is 12.1 Å². The largest absolute Gasteiger partial charge is 0.356 e. The molecule has 0 aliphatic rings. The quantitative estimate of drug-likeness (QED) is 0.678. The highest BCUT2D eigenvalue weighted by Gasteiger charge is 2.15. The Bertz CT molecular complexity index is 868. The van der Waals surface area contributed by atoms with Gasteiger partial charge < -0.3 is 10.6 Å². The van der Waals surface area contributed by atoms with Gasteiger partial charge in [0.25, 0.3) is 0 Å². The lowest BCUT2D eigenvalue weighted by Gasteiger charge is -2.23. The highest BCUT2D eigenvalue weighted by atomic mass is 32.2. The van der Waals surface area contributed by atoms with Gasteiger partial charge in [-0.15, -0.1) is 0 Å². The molecule has 27 heavy (non-hydrogen) atoms. The van der Waals surface area contributed by atoms with E-state index in [1.165, 1.54) is 23.2 Å². The molecule has 7 heteroatoms. The van der Waals surface area contributed by atoms with E-state index in [1.54, 1.807) is 18.2 Å². The molecule has 0 aliphatic carbocycles. The molecule has 0 heterocycles. The Morgan fingerprint density at radius 2 is 1.78 bits per heavy atom. The molecule has 2 N–H and O–H groups in total. The van der Waals surface area contributed by atoms with Gasteiger partial charge in [-0.1, -0.05) is 50.2 Å². The standard InChI is InChI=1S/C20H27N3O2S2/c1-15(2)13-19(16-9-6-5-7-10-16)22-20(26)21-17-11-8-12-18(14-17)23(3)27(4,24)25/h5-12,14-15,19H,13H2,1-4H3,(H2,21,22,26)/t19-/m0/s1. The van der Waals surface area contributed by atoms with Gasteiger partial charge in [-0.25, -0.2) is 8.42 Å². The number of benzene rings is 2. The summed E-state index contributed by atoms with van der Waals surface area (Å²) in [6.45, 7) is 4.36. The van der Waals surface area contributed by atoms with Gasteiger partial charge in [0.2, 0.25) is 10.0 Å². The van der Waals surface area contributed by atoms with Gasteiger partial charge in [0, 0.05) is 12.7 Å². The Hall–Kier alpha value is -2.12. The minimum Gasteiger partial charge on any atom is -0.356 e. The third-order valence-electron chi connectivity index (χ3n) is 4.18. The Balaban J connectivity index is 2.11. The van der Waals surface area contributed by atoms with Crippen molar-refractivity contribution < 1.29 is 8.42 Å². The van der Waals surface area contributed by atoms with Crippen LogP contribution in [0.25, 0.3) is 0 Å². The van der Waals surface area contributed by atoms with Crippen molar-refractivity contribution in [3.63, 3.8) is 0 Å². The average molecular weight is 406 g/mol. The minimum atomic E-state index is -3.31. The van der Waals surface area contributed by atoms with Crippen molar-refractivity contribution in [1.82, 2.24) is 5.32 Å². The molecule has 0 amide bonds. The van der Waals surface area contributed by atoms with Crippen LogP contribution in [0.15, 0.2) is 54.6 Å². The monoisotopic (exact) mass is 405 g/mol. The first-order valence-corrected chi connectivity index (χ1v) is 11.1. The Morgan fingerprint density at radius 3 is 2.37 bits per heavy atom. The molecule has 0 bridgehead atoms. The van der Waals surface area contributed by atoms with Crippen LogP contribution in [0.5, 0.6) is 0 Å². The number of nitrogens with zero attached hydrogens (tertiary/aromatic N) is 1. The van der Waals surface area contributed by atoms with E-state index in [9.17, 15) is 8.42 Å². The molecule has 0 spiro atoms. The average Bonchev–Trinajstić information content (AvgIpc) is 2.60. The number of rotatable bonds is 7. The van der Waals surface area contributed by atoms with E-state index in [0.29, 0.717) is 16.7 Å². The smallest absolute Gasteiger partial charge is 0.231 e. The summed E-state index contributed by atoms with van der Waals surface area (Å²) in [5, 5.41) is 7.04. The predicted molar refractivity (Wildman–Crippen MR) is 118 cm³/mol. The van der Waals surface area contributed by atoms with Crippen LogP contribution < -0.4 is 14.9 Å². The molecule has 2 aromatic rings. The van der Waals surface area contributed by atoms with Gasteiger partial charge in [-0.3, -0.25) is 4.31 Å². The summed E-state index contributed by atoms with van der Waals surface area (Å²) < 4.78 is 24.7. The maximum absolute atomic E-state index is 11.7. The summed E-state index contributed by atoms with van der Waals surface area (Å²) in [6, 6.07) is 17.5. The second-order valence-corrected chi connectivity index (χ2v) is 9.39. The lowest BCUT2D eigenvalue weighted by Crippen LogP contribution is -2.33. The van der Waals surface area contributed by atoms with Gasteiger partial charge in [-0.2, -0.15) is 0 Å². The van der Waals surface area contributed by atoms with E-state index in [1.807, 2.05) is 24.3 Å². The van der Waals surface area contributed by atoms with E-state index in [4.69, 9.17) is 12.2 Å². The number of thiocarbonyl (C=S) groups is 1. The predicted octanol–water partition coefficient (Wildman–Crippen LogP) is 4.16. The molecule has 2 aromatic carbocycles. The second-order valence-electron chi connectivity index (χ2n) is 6.97. The molecule has 0 saturated carbocycles. The van der Waals surface area contributed by atoms with Crippen molar-refractivity contribution in [2.45, 2.75) is 26.3 Å². The van der Waals surface area contributed by atoms with E-state index in [2.05, 4.69) is 36.6 Å². The van der Waals surface area contributed by atoms with Crippen molar-refractivity contribution in [2.24, 2.45) is 5.92 Å². The van der Waals surface area contributed by atoms with Crippen molar-refractivity contribution >= 4 is 38.7 Å². The van der Waals surface area contributed by atoms with E-state index >= 15 is 0 Å². The lowest BCUT2D eigenvalue weighted by atomic mass is 9.97. The zero-order valence-electron chi connectivity index (χ0n) is 16.1. The van der Waals surface area contributed by atoms with Gasteiger partial charge in [0.1, 0.15) is 0 Å². The molecule has 0 aliphatic heterocycles. The maximum atomic E-state index is 11.7. The highest BCUT2D eigenvalue weighted by molar-refractivity contribution is 7.92. The van der Waals surface area contributed by atoms with Crippen LogP contribution in [0.1, 0.15) is 31.9 Å². The number of sulfonamides is 1. The molecule has 1 atom stereocenters. The van der Waals surface area contributed by atoms with Crippen molar-refractivity contribution in [3.8, 4) is 0 Å². The van der Waals surface area contributed by atoms with E-state index < -0.39 is 10.0 Å². The van der Waals surface area contributed by atoms with Crippen molar-refractivity contribution in [2.75, 3.05) is 22.9 Å². The van der Waals surface area contributed by atoms with Crippen molar-refractivity contribution in [1.29, 1.82) is 0 Å². The molecule has 0 fully saturated rings. The SMILES string of the molecule is CC(C)C[C@H](NC(=S)Nc1cccc(N(C)S(C)(=O)=O)c1)c1ccccc1. The summed E-state index contributed by atoms with van der Waals surface area (Å²) in [7, 11) is -1.79. The van der Waals surface area contributed by atoms with Gasteiger partial charge in [-0.05, 0) is 48.3 Å². The van der Waals surface area contributed by atoms with Gasteiger partial charge >= 0.3 is 0 Å². The molecule has 0 aromatic heterocycles. The Morgan fingerprint density at radius 1 is 1.11 bits per heavy atom. The lowest BCUT2D eigenvalue weighted by molar-refractivity contribution is 0.481. The third kappa shape index (κ3) is 6.52. The Labute approximate surface area is 167 Å². The first-order chi connectivity index (χ1) is 12.7. The maximum Gasteiger partial charge on any atom is 0.231 e. The summed E-state index contributed by atoms with van der Waals surface area (Å²) in [5.41, 5.74) is 2.49. The summed E-state index contributed by atoms with van der Waals surface area (Å²) in [5.74, 6) is 0.511. The fourth-order valence-corrected chi connectivity index (χ4v) is 3.49. The number of anilines is 2. The molecule has 5 nitrogen and oxygen atoms in total. The van der Waals surface area contributed by atoms with Gasteiger partial charge in [0.15, 0.2) is 5.11 Å². The molecule has 0 saturated heterocycles. The van der Waals surface area contributed by atoms with Crippen molar-refractivity contribution in [3.05, 3.63) is 60.2 Å². The molecular formula is C20H27N3O2S2. The minimum absolute atomic E-state index is 0.105. The van der Waals surface area contributed by atoms with Crippen LogP contribution in [-0.4, -0.2) is 26.8 Å². The Kier molecular flexibility index (Phi) is 7.21. The summed E-state index contributed by atoms with van der Waals surface area (Å²) in [4.78, 5) is 0. The zero-order valence-corrected chi connectivity index (χ0v) is 17.8. The van der Waals surface area contributed by atoms with Crippen LogP contribution in [0.2, 0.25) is 0 Å². The highest BCUT2D eigenvalue weighted by Crippen LogP contribution is 2.23. The third-order valence-corrected chi connectivity index (χ3v) is 5.61. The zero-order chi connectivity index (χ0) is 20.0. The molecule has 146 valence electrons. The fourth-order valence-electron chi connectivity index (χ4n) is 2.73. The van der Waals surface area contributed by atoms with Gasteiger partial charge in [0.05, 0.1) is 18.0 Å². The number of nitrogens with one attached hydrogen (secondary N) is 2. The normalized spacial score (nSPS) is 12.5. The summed E-state index contributed by atoms with van der Waals surface area (Å²) in [6.07, 6.45) is 2.12. The van der Waals surface area contributed by atoms with Crippen LogP contribution in [0, 0.1) is 5.92 Å². The van der Waals surface area contributed by atoms with Crippen LogP contribution >= 0.6 is 12.2 Å². The molecular weight excluding hydrogens is 378 g/mol. The topological polar surface area (TPSA) is 61.4 Å². The number of hydrogen-bond acceptors (Lipinski definition) is 3. The van der Waals surface area contributed by atoms with Crippen LogP contribution in [0.3, 0.4) is 0 Å². The first-order valence-electron chi connectivity index (χ1n) is 8.83. The number of hydrogen-bond donors (Lipinski definition) is 2. The second kappa shape index (κ2) is 9.19. The molecule has 0 radical (unpaired) electrons.